The fraction of sp³-hybridized carbons (Fsp3) is 0.278. The van der Waals surface area contributed by atoms with Crippen LogP contribution >= 0.6 is 0 Å². The Labute approximate surface area is 134 Å². The molecule has 3 rings (SSSR count). The first-order valence-corrected chi connectivity index (χ1v) is 7.47. The maximum absolute atomic E-state index is 14.0. The average Bonchev–Trinajstić information content (AvgIpc) is 2.61. The Morgan fingerprint density at radius 2 is 2.00 bits per heavy atom. The number of nitrogens with one attached hydrogen (secondary N) is 1. The third kappa shape index (κ3) is 3.35. The molecule has 1 aliphatic heterocycles. The number of halogens is 1. The number of benzene rings is 2. The lowest BCUT2D eigenvalue weighted by Gasteiger charge is -2.26. The monoisotopic (exact) mass is 315 g/mol. The van der Waals surface area contributed by atoms with Crippen molar-refractivity contribution in [2.24, 2.45) is 0 Å². The number of hydrogen-bond donors (Lipinski definition) is 1. The number of fused-ring (bicyclic) bond motifs is 1. The third-order valence-corrected chi connectivity index (χ3v) is 3.99. The van der Waals surface area contributed by atoms with Crippen molar-refractivity contribution in [2.75, 3.05) is 7.11 Å². The smallest absolute Gasteiger partial charge is 0.323 e. The van der Waals surface area contributed by atoms with Gasteiger partial charge in [-0.2, -0.15) is 0 Å². The number of carbonyl (C=O) groups is 1. The number of methoxy groups -OCH3 is 1. The summed E-state index contributed by atoms with van der Waals surface area (Å²) in [5.41, 5.74) is 2.31. The van der Waals surface area contributed by atoms with E-state index in [4.69, 9.17) is 9.47 Å². The zero-order chi connectivity index (χ0) is 16.2. The molecule has 0 fully saturated rings. The van der Waals surface area contributed by atoms with E-state index in [2.05, 4.69) is 5.32 Å². The molecule has 120 valence electrons. The summed E-state index contributed by atoms with van der Waals surface area (Å²) in [6, 6.07) is 12.3. The quantitative estimate of drug-likeness (QED) is 0.881. The number of esters is 1. The van der Waals surface area contributed by atoms with E-state index >= 15 is 0 Å². The van der Waals surface area contributed by atoms with E-state index in [1.165, 1.54) is 13.2 Å². The largest absolute Gasteiger partial charge is 0.489 e. The Balaban J connectivity index is 1.83. The van der Waals surface area contributed by atoms with Crippen LogP contribution < -0.4 is 10.1 Å². The molecule has 0 aliphatic carbocycles. The average molecular weight is 315 g/mol. The first-order chi connectivity index (χ1) is 11.2. The molecule has 1 aliphatic rings. The van der Waals surface area contributed by atoms with Crippen LogP contribution in [0, 0.1) is 5.82 Å². The molecular formula is C18H18FNO3. The lowest BCUT2D eigenvalue weighted by atomic mass is 9.94. The van der Waals surface area contributed by atoms with Crippen LogP contribution in [-0.4, -0.2) is 19.1 Å². The fourth-order valence-corrected chi connectivity index (χ4v) is 2.74. The van der Waals surface area contributed by atoms with Crippen molar-refractivity contribution >= 4 is 5.97 Å². The molecule has 0 saturated heterocycles. The van der Waals surface area contributed by atoms with Gasteiger partial charge in [0.1, 0.15) is 24.2 Å². The zero-order valence-corrected chi connectivity index (χ0v) is 12.8. The lowest BCUT2D eigenvalue weighted by molar-refractivity contribution is -0.143. The van der Waals surface area contributed by atoms with E-state index in [9.17, 15) is 9.18 Å². The molecule has 0 spiro atoms. The first kappa shape index (κ1) is 15.5. The third-order valence-electron chi connectivity index (χ3n) is 3.99. The van der Waals surface area contributed by atoms with Gasteiger partial charge < -0.3 is 9.47 Å². The van der Waals surface area contributed by atoms with E-state index in [0.717, 1.165) is 11.1 Å². The normalized spacial score (nSPS) is 16.5. The van der Waals surface area contributed by atoms with E-state index in [1.54, 1.807) is 6.07 Å². The summed E-state index contributed by atoms with van der Waals surface area (Å²) in [5.74, 6) is -0.0301. The van der Waals surface area contributed by atoms with Crippen LogP contribution in [-0.2, 0) is 29.1 Å². The summed E-state index contributed by atoms with van der Waals surface area (Å²) in [5, 5.41) is 3.00. The van der Waals surface area contributed by atoms with Gasteiger partial charge in [0.15, 0.2) is 0 Å². The van der Waals surface area contributed by atoms with Crippen molar-refractivity contribution < 1.29 is 18.7 Å². The zero-order valence-electron chi connectivity index (χ0n) is 12.8. The van der Waals surface area contributed by atoms with Crippen molar-refractivity contribution in [3.05, 3.63) is 65.0 Å². The second-order valence-electron chi connectivity index (χ2n) is 5.44. The first-order valence-electron chi connectivity index (χ1n) is 7.47. The fourth-order valence-electron chi connectivity index (χ4n) is 2.74. The summed E-state index contributed by atoms with van der Waals surface area (Å²) in [7, 11) is 1.35. The molecule has 1 atom stereocenters. The van der Waals surface area contributed by atoms with Crippen molar-refractivity contribution in [1.29, 1.82) is 0 Å². The van der Waals surface area contributed by atoms with Crippen LogP contribution in [0.15, 0.2) is 42.5 Å². The number of rotatable bonds is 4. The molecule has 5 heteroatoms. The molecule has 2 aromatic rings. The maximum Gasteiger partial charge on any atom is 0.323 e. The highest BCUT2D eigenvalue weighted by Gasteiger charge is 2.28. The number of carbonyl (C=O) groups excluding carboxylic acids is 1. The molecule has 23 heavy (non-hydrogen) atoms. The van der Waals surface area contributed by atoms with Crippen LogP contribution in [0.5, 0.6) is 5.75 Å². The molecule has 1 heterocycles. The second kappa shape index (κ2) is 6.79. The second-order valence-corrected chi connectivity index (χ2v) is 5.44. The Morgan fingerprint density at radius 1 is 1.22 bits per heavy atom. The minimum atomic E-state index is -0.478. The molecule has 0 saturated carbocycles. The SMILES string of the molecule is COC(=O)[C@@H]1Cc2c(OCc3ccccc3)ccc(F)c2CN1. The number of ether oxygens (including phenoxy) is 2. The van der Waals surface area contributed by atoms with Crippen LogP contribution in [0.25, 0.3) is 0 Å². The van der Waals surface area contributed by atoms with Gasteiger partial charge in [-0.3, -0.25) is 10.1 Å². The Bertz CT molecular complexity index is 703. The Hall–Kier alpha value is -2.40. The van der Waals surface area contributed by atoms with Crippen molar-refractivity contribution in [3.63, 3.8) is 0 Å². The van der Waals surface area contributed by atoms with E-state index < -0.39 is 6.04 Å². The van der Waals surface area contributed by atoms with Crippen LogP contribution in [0.1, 0.15) is 16.7 Å². The molecule has 2 aromatic carbocycles. The lowest BCUT2D eigenvalue weighted by Crippen LogP contribution is -2.42. The highest BCUT2D eigenvalue weighted by molar-refractivity contribution is 5.76. The van der Waals surface area contributed by atoms with E-state index in [1.807, 2.05) is 30.3 Å². The van der Waals surface area contributed by atoms with Gasteiger partial charge >= 0.3 is 5.97 Å². The van der Waals surface area contributed by atoms with Gasteiger partial charge in [-0.05, 0) is 17.7 Å². The minimum Gasteiger partial charge on any atom is -0.489 e. The molecule has 0 aromatic heterocycles. The Kier molecular flexibility index (Phi) is 4.57. The summed E-state index contributed by atoms with van der Waals surface area (Å²) < 4.78 is 24.6. The van der Waals surface area contributed by atoms with Gasteiger partial charge in [-0.15, -0.1) is 0 Å². The summed E-state index contributed by atoms with van der Waals surface area (Å²) in [4.78, 5) is 11.7. The molecule has 4 nitrogen and oxygen atoms in total. The standard InChI is InChI=1S/C18H18FNO3/c1-22-18(21)16-9-13-14(10-20-16)15(19)7-8-17(13)23-11-12-5-3-2-4-6-12/h2-8,16,20H,9-11H2,1H3/t16-/m0/s1. The van der Waals surface area contributed by atoms with Crippen LogP contribution in [0.4, 0.5) is 4.39 Å². The van der Waals surface area contributed by atoms with E-state index in [-0.39, 0.29) is 18.3 Å². The van der Waals surface area contributed by atoms with Gasteiger partial charge in [-0.1, -0.05) is 30.3 Å². The molecular weight excluding hydrogens is 297 g/mol. The van der Waals surface area contributed by atoms with Gasteiger partial charge in [-0.25, -0.2) is 4.39 Å². The predicted molar refractivity (Wildman–Crippen MR) is 83.5 cm³/mol. The highest BCUT2D eigenvalue weighted by atomic mass is 19.1. The van der Waals surface area contributed by atoms with Crippen LogP contribution in [0.2, 0.25) is 0 Å². The van der Waals surface area contributed by atoms with Crippen molar-refractivity contribution in [3.8, 4) is 5.75 Å². The number of hydrogen-bond acceptors (Lipinski definition) is 4. The molecule has 0 unspecified atom stereocenters. The summed E-state index contributed by atoms with van der Waals surface area (Å²) in [6.07, 6.45) is 0.351. The van der Waals surface area contributed by atoms with Gasteiger partial charge in [0, 0.05) is 24.1 Å². The molecule has 0 bridgehead atoms. The topological polar surface area (TPSA) is 47.6 Å². The Morgan fingerprint density at radius 3 is 2.74 bits per heavy atom. The molecule has 0 radical (unpaired) electrons. The summed E-state index contributed by atoms with van der Waals surface area (Å²) in [6.45, 7) is 0.679. The summed E-state index contributed by atoms with van der Waals surface area (Å²) >= 11 is 0. The van der Waals surface area contributed by atoms with Gasteiger partial charge in [0.2, 0.25) is 0 Å². The van der Waals surface area contributed by atoms with Gasteiger partial charge in [0.25, 0.3) is 0 Å². The molecule has 0 amide bonds. The molecule has 1 N–H and O–H groups in total. The highest BCUT2D eigenvalue weighted by Crippen LogP contribution is 2.30. The van der Waals surface area contributed by atoms with E-state index in [0.29, 0.717) is 24.3 Å². The maximum atomic E-state index is 14.0. The predicted octanol–water partition coefficient (Wildman–Crippen LogP) is 2.59. The van der Waals surface area contributed by atoms with Crippen molar-refractivity contribution in [1.82, 2.24) is 5.32 Å². The van der Waals surface area contributed by atoms with Crippen molar-refractivity contribution in [2.45, 2.75) is 25.6 Å². The van der Waals surface area contributed by atoms with Gasteiger partial charge in [0.05, 0.1) is 7.11 Å². The van der Waals surface area contributed by atoms with Crippen LogP contribution in [0.3, 0.4) is 0 Å². The minimum absolute atomic E-state index is 0.281.